The summed E-state index contributed by atoms with van der Waals surface area (Å²) < 4.78 is 5.84. The first-order valence-corrected chi connectivity index (χ1v) is 10.3. The molecule has 1 amide bonds. The molecule has 1 saturated heterocycles. The second-order valence-corrected chi connectivity index (χ2v) is 7.74. The van der Waals surface area contributed by atoms with Crippen molar-refractivity contribution in [1.29, 1.82) is 0 Å². The van der Waals surface area contributed by atoms with E-state index in [2.05, 4.69) is 29.3 Å². The molecule has 1 N–H and O–H groups in total. The molecule has 0 unspecified atom stereocenters. The molecule has 1 aliphatic rings. The van der Waals surface area contributed by atoms with Gasteiger partial charge < -0.3 is 15.0 Å². The van der Waals surface area contributed by atoms with Crippen molar-refractivity contribution in [2.24, 2.45) is 5.92 Å². The van der Waals surface area contributed by atoms with Crippen LogP contribution in [0.4, 0.5) is 5.82 Å². The van der Waals surface area contributed by atoms with Crippen LogP contribution in [0.25, 0.3) is 10.9 Å². The number of hydrogen-bond acceptors (Lipinski definition) is 4. The Morgan fingerprint density at radius 1 is 1.14 bits per heavy atom. The minimum atomic E-state index is -0.146. The van der Waals surface area contributed by atoms with Gasteiger partial charge in [0.15, 0.2) is 6.61 Å². The predicted molar refractivity (Wildman–Crippen MR) is 116 cm³/mol. The standard InChI is InChI=1S/C24H27N3O2/c1-18-7-6-14-27(16-18)22-13-12-20-10-5-11-21(24(20)26-22)29-17-23(28)25-15-19-8-3-2-4-9-19/h2-5,8-13,18H,6-7,14-17H2,1H3,(H,25,28)/t18-/m1/s1. The van der Waals surface area contributed by atoms with E-state index in [0.717, 1.165) is 35.4 Å². The molecule has 4 rings (SSSR count). The van der Waals surface area contributed by atoms with Gasteiger partial charge in [-0.3, -0.25) is 4.79 Å². The zero-order valence-electron chi connectivity index (χ0n) is 16.8. The molecule has 0 saturated carbocycles. The monoisotopic (exact) mass is 389 g/mol. The van der Waals surface area contributed by atoms with E-state index in [4.69, 9.17) is 9.72 Å². The third kappa shape index (κ3) is 4.86. The Morgan fingerprint density at radius 3 is 2.83 bits per heavy atom. The van der Waals surface area contributed by atoms with Crippen LogP contribution in [0.2, 0.25) is 0 Å². The number of pyridine rings is 1. The van der Waals surface area contributed by atoms with E-state index in [1.807, 2.05) is 48.5 Å². The Labute approximate surface area is 171 Å². The number of aromatic nitrogens is 1. The van der Waals surface area contributed by atoms with Crippen molar-refractivity contribution in [2.45, 2.75) is 26.3 Å². The quantitative estimate of drug-likeness (QED) is 0.688. The molecule has 29 heavy (non-hydrogen) atoms. The first kappa shape index (κ1) is 19.2. The van der Waals surface area contributed by atoms with Gasteiger partial charge in [0.2, 0.25) is 0 Å². The summed E-state index contributed by atoms with van der Waals surface area (Å²) in [6.45, 7) is 4.82. The third-order valence-corrected chi connectivity index (χ3v) is 5.34. The van der Waals surface area contributed by atoms with Gasteiger partial charge in [-0.25, -0.2) is 4.98 Å². The van der Waals surface area contributed by atoms with Crippen LogP contribution in [0, 0.1) is 5.92 Å². The first-order valence-electron chi connectivity index (χ1n) is 10.3. The van der Waals surface area contributed by atoms with Crippen LogP contribution in [0.5, 0.6) is 5.75 Å². The lowest BCUT2D eigenvalue weighted by Gasteiger charge is -2.32. The van der Waals surface area contributed by atoms with Crippen LogP contribution >= 0.6 is 0 Å². The highest BCUT2D eigenvalue weighted by Crippen LogP contribution is 2.28. The maximum Gasteiger partial charge on any atom is 0.258 e. The van der Waals surface area contributed by atoms with Crippen molar-refractivity contribution in [3.63, 3.8) is 0 Å². The van der Waals surface area contributed by atoms with Crippen LogP contribution < -0.4 is 15.0 Å². The molecule has 0 aliphatic carbocycles. The van der Waals surface area contributed by atoms with Crippen molar-refractivity contribution >= 4 is 22.6 Å². The molecule has 150 valence electrons. The van der Waals surface area contributed by atoms with E-state index in [1.165, 1.54) is 12.8 Å². The number of carbonyl (C=O) groups excluding carboxylic acids is 1. The van der Waals surface area contributed by atoms with Gasteiger partial charge in [0, 0.05) is 25.0 Å². The molecule has 2 heterocycles. The molecule has 5 heteroatoms. The maximum atomic E-state index is 12.2. The zero-order chi connectivity index (χ0) is 20.1. The lowest BCUT2D eigenvalue weighted by molar-refractivity contribution is -0.123. The third-order valence-electron chi connectivity index (χ3n) is 5.34. The molecule has 1 aliphatic heterocycles. The second-order valence-electron chi connectivity index (χ2n) is 7.74. The van der Waals surface area contributed by atoms with Crippen LogP contribution in [-0.2, 0) is 11.3 Å². The van der Waals surface area contributed by atoms with Gasteiger partial charge in [0.25, 0.3) is 5.91 Å². The summed E-state index contributed by atoms with van der Waals surface area (Å²) >= 11 is 0. The Balaban J connectivity index is 1.44. The van der Waals surface area contributed by atoms with E-state index in [1.54, 1.807) is 0 Å². The number of hydrogen-bond donors (Lipinski definition) is 1. The molecule has 0 bridgehead atoms. The summed E-state index contributed by atoms with van der Waals surface area (Å²) in [7, 11) is 0. The number of carbonyl (C=O) groups is 1. The number of anilines is 1. The van der Waals surface area contributed by atoms with Crippen LogP contribution in [-0.4, -0.2) is 30.6 Å². The highest BCUT2D eigenvalue weighted by atomic mass is 16.5. The van der Waals surface area contributed by atoms with Gasteiger partial charge in [-0.1, -0.05) is 49.4 Å². The number of nitrogens with one attached hydrogen (secondary N) is 1. The zero-order valence-corrected chi connectivity index (χ0v) is 16.8. The molecule has 3 aromatic rings. The largest absolute Gasteiger partial charge is 0.481 e. The van der Waals surface area contributed by atoms with E-state index in [0.29, 0.717) is 18.2 Å². The molecule has 1 fully saturated rings. The fourth-order valence-electron chi connectivity index (χ4n) is 3.79. The van der Waals surface area contributed by atoms with Crippen LogP contribution in [0.3, 0.4) is 0 Å². The van der Waals surface area contributed by atoms with Crippen molar-refractivity contribution in [2.75, 3.05) is 24.6 Å². The first-order chi connectivity index (χ1) is 14.2. The summed E-state index contributed by atoms with van der Waals surface area (Å²) in [6, 6.07) is 19.8. The van der Waals surface area contributed by atoms with Crippen LogP contribution in [0.15, 0.2) is 60.7 Å². The van der Waals surface area contributed by atoms with Gasteiger partial charge in [-0.05, 0) is 42.5 Å². The predicted octanol–water partition coefficient (Wildman–Crippen LogP) is 4.17. The van der Waals surface area contributed by atoms with Gasteiger partial charge in [-0.2, -0.15) is 0 Å². The number of benzene rings is 2. The minimum Gasteiger partial charge on any atom is -0.481 e. The molecule has 1 atom stereocenters. The average Bonchev–Trinajstić information content (AvgIpc) is 2.76. The van der Waals surface area contributed by atoms with E-state index < -0.39 is 0 Å². The lowest BCUT2D eigenvalue weighted by atomic mass is 10.0. The lowest BCUT2D eigenvalue weighted by Crippen LogP contribution is -2.34. The summed E-state index contributed by atoms with van der Waals surface area (Å²) in [5.74, 6) is 2.16. The topological polar surface area (TPSA) is 54.5 Å². The van der Waals surface area contributed by atoms with Crippen LogP contribution in [0.1, 0.15) is 25.3 Å². The Kier molecular flexibility index (Phi) is 5.94. The molecule has 5 nitrogen and oxygen atoms in total. The van der Waals surface area contributed by atoms with Gasteiger partial charge in [0.1, 0.15) is 17.1 Å². The van der Waals surface area contributed by atoms with Crippen molar-refractivity contribution in [3.05, 3.63) is 66.2 Å². The second kappa shape index (κ2) is 8.95. The van der Waals surface area contributed by atoms with E-state index >= 15 is 0 Å². The molecule has 0 spiro atoms. The van der Waals surface area contributed by atoms with Gasteiger partial charge in [0.05, 0.1) is 0 Å². The molecule has 1 aromatic heterocycles. The highest BCUT2D eigenvalue weighted by molar-refractivity contribution is 5.86. The fourth-order valence-corrected chi connectivity index (χ4v) is 3.79. The summed E-state index contributed by atoms with van der Waals surface area (Å²) in [5.41, 5.74) is 1.87. The Bertz CT molecular complexity index is 974. The number of nitrogens with zero attached hydrogens (tertiary/aromatic N) is 2. The minimum absolute atomic E-state index is 0.0292. The SMILES string of the molecule is C[C@@H]1CCCN(c2ccc3cccc(OCC(=O)NCc4ccccc4)c3n2)C1. The molecular formula is C24H27N3O2. The average molecular weight is 389 g/mol. The smallest absolute Gasteiger partial charge is 0.258 e. The summed E-state index contributed by atoms with van der Waals surface area (Å²) in [6.07, 6.45) is 2.47. The van der Waals surface area contributed by atoms with Crippen molar-refractivity contribution in [3.8, 4) is 5.75 Å². The Morgan fingerprint density at radius 2 is 2.00 bits per heavy atom. The summed E-state index contributed by atoms with van der Waals surface area (Å²) in [4.78, 5) is 19.4. The molecule has 0 radical (unpaired) electrons. The molecule has 2 aromatic carbocycles. The van der Waals surface area contributed by atoms with E-state index in [9.17, 15) is 4.79 Å². The van der Waals surface area contributed by atoms with Gasteiger partial charge in [-0.15, -0.1) is 0 Å². The van der Waals surface area contributed by atoms with Crippen molar-refractivity contribution < 1.29 is 9.53 Å². The van der Waals surface area contributed by atoms with Crippen molar-refractivity contribution in [1.82, 2.24) is 10.3 Å². The highest BCUT2D eigenvalue weighted by Gasteiger charge is 2.18. The molecular weight excluding hydrogens is 362 g/mol. The number of ether oxygens (including phenoxy) is 1. The number of fused-ring (bicyclic) bond motifs is 1. The number of rotatable bonds is 6. The fraction of sp³-hybridized carbons (Fsp3) is 0.333. The normalized spacial score (nSPS) is 16.6. The number of piperidine rings is 1. The number of para-hydroxylation sites is 1. The van der Waals surface area contributed by atoms with Gasteiger partial charge >= 0.3 is 0 Å². The Hall–Kier alpha value is -3.08. The van der Waals surface area contributed by atoms with E-state index in [-0.39, 0.29) is 12.5 Å². The number of amides is 1. The maximum absolute atomic E-state index is 12.2. The summed E-state index contributed by atoms with van der Waals surface area (Å²) in [5, 5.41) is 3.91.